The second-order valence-electron chi connectivity index (χ2n) is 5.43. The summed E-state index contributed by atoms with van der Waals surface area (Å²) in [7, 11) is 0. The molecule has 0 aliphatic heterocycles. The standard InChI is InChI=1S/C16H14Cl2N6O2/c1-7-8(2)22-16(21-7)24-15(26)13-12(19-6-20-13)14(25)23-11-9(17)4-3-5-10(11)18/h3-6H,1-2H3,(H,19,20)(H,23,25)(H2,21,22,24,26). The first-order valence-corrected chi connectivity index (χ1v) is 8.25. The van der Waals surface area contributed by atoms with Crippen LogP contribution in [0.3, 0.4) is 0 Å². The highest BCUT2D eigenvalue weighted by molar-refractivity contribution is 6.40. The van der Waals surface area contributed by atoms with Crippen molar-refractivity contribution in [3.8, 4) is 0 Å². The largest absolute Gasteiger partial charge is 0.340 e. The molecule has 1 aromatic carbocycles. The Morgan fingerprint density at radius 2 is 1.77 bits per heavy atom. The Labute approximate surface area is 158 Å². The lowest BCUT2D eigenvalue weighted by molar-refractivity contribution is 0.0985. The molecule has 3 aromatic rings. The third-order valence-corrected chi connectivity index (χ3v) is 4.27. The van der Waals surface area contributed by atoms with Gasteiger partial charge in [-0.1, -0.05) is 29.3 Å². The Kier molecular flexibility index (Phi) is 4.97. The van der Waals surface area contributed by atoms with Crippen LogP contribution in [0.1, 0.15) is 32.4 Å². The van der Waals surface area contributed by atoms with Crippen molar-refractivity contribution in [2.45, 2.75) is 13.8 Å². The average molecular weight is 393 g/mol. The van der Waals surface area contributed by atoms with E-state index < -0.39 is 11.8 Å². The van der Waals surface area contributed by atoms with Gasteiger partial charge in [0, 0.05) is 5.69 Å². The minimum absolute atomic E-state index is 0.0163. The van der Waals surface area contributed by atoms with Gasteiger partial charge in [-0.3, -0.25) is 14.9 Å². The number of H-pyrrole nitrogens is 2. The van der Waals surface area contributed by atoms with E-state index in [1.807, 2.05) is 13.8 Å². The molecule has 10 heteroatoms. The number of imidazole rings is 2. The zero-order chi connectivity index (χ0) is 18.8. The zero-order valence-corrected chi connectivity index (χ0v) is 15.3. The number of amides is 2. The molecule has 0 unspecified atom stereocenters. The third-order valence-electron chi connectivity index (χ3n) is 3.64. The lowest BCUT2D eigenvalue weighted by atomic mass is 10.2. The Morgan fingerprint density at radius 1 is 1.08 bits per heavy atom. The van der Waals surface area contributed by atoms with Crippen molar-refractivity contribution in [2.24, 2.45) is 0 Å². The van der Waals surface area contributed by atoms with Crippen LogP contribution < -0.4 is 10.6 Å². The molecule has 26 heavy (non-hydrogen) atoms. The molecule has 2 heterocycles. The van der Waals surface area contributed by atoms with Gasteiger partial charge in [-0.05, 0) is 26.0 Å². The fourth-order valence-corrected chi connectivity index (χ4v) is 2.70. The van der Waals surface area contributed by atoms with Crippen LogP contribution in [-0.2, 0) is 0 Å². The van der Waals surface area contributed by atoms with Gasteiger partial charge in [0.2, 0.25) is 5.95 Å². The van der Waals surface area contributed by atoms with Gasteiger partial charge in [-0.25, -0.2) is 9.97 Å². The predicted octanol–water partition coefficient (Wildman–Crippen LogP) is 3.56. The number of nitrogens with zero attached hydrogens (tertiary/aromatic N) is 2. The molecule has 0 aliphatic rings. The topological polar surface area (TPSA) is 116 Å². The highest BCUT2D eigenvalue weighted by Gasteiger charge is 2.22. The summed E-state index contributed by atoms with van der Waals surface area (Å²) in [6.07, 6.45) is 1.25. The third kappa shape index (κ3) is 3.56. The number of nitrogens with one attached hydrogen (secondary N) is 4. The minimum Gasteiger partial charge on any atom is -0.340 e. The Hall–Kier alpha value is -2.84. The first-order chi connectivity index (χ1) is 12.4. The number of para-hydroxylation sites is 1. The number of halogens is 2. The van der Waals surface area contributed by atoms with E-state index in [9.17, 15) is 9.59 Å². The molecule has 2 amide bonds. The van der Waals surface area contributed by atoms with Crippen LogP contribution in [0.4, 0.5) is 11.6 Å². The molecule has 2 aromatic heterocycles. The van der Waals surface area contributed by atoms with Crippen molar-refractivity contribution in [1.29, 1.82) is 0 Å². The molecular weight excluding hydrogens is 379 g/mol. The Balaban J connectivity index is 1.81. The number of aromatic amines is 2. The zero-order valence-electron chi connectivity index (χ0n) is 13.8. The van der Waals surface area contributed by atoms with Crippen LogP contribution >= 0.6 is 23.2 Å². The van der Waals surface area contributed by atoms with Gasteiger partial charge in [0.05, 0.1) is 27.8 Å². The van der Waals surface area contributed by atoms with E-state index >= 15 is 0 Å². The molecule has 0 bridgehead atoms. The average Bonchev–Trinajstić information content (AvgIpc) is 3.18. The Bertz CT molecular complexity index is 955. The summed E-state index contributed by atoms with van der Waals surface area (Å²) < 4.78 is 0. The maximum absolute atomic E-state index is 12.5. The smallest absolute Gasteiger partial charge is 0.276 e. The lowest BCUT2D eigenvalue weighted by Crippen LogP contribution is -2.21. The van der Waals surface area contributed by atoms with Crippen molar-refractivity contribution < 1.29 is 9.59 Å². The maximum Gasteiger partial charge on any atom is 0.276 e. The van der Waals surface area contributed by atoms with Crippen molar-refractivity contribution in [3.05, 3.63) is 57.3 Å². The normalized spacial score (nSPS) is 10.6. The van der Waals surface area contributed by atoms with Crippen molar-refractivity contribution >= 4 is 46.7 Å². The maximum atomic E-state index is 12.5. The molecule has 4 N–H and O–H groups in total. The first kappa shape index (κ1) is 18.0. The molecule has 0 spiro atoms. The number of hydrogen-bond donors (Lipinski definition) is 4. The number of carbonyl (C=O) groups excluding carboxylic acids is 2. The molecular formula is C16H14Cl2N6O2. The summed E-state index contributed by atoms with van der Waals surface area (Å²) in [5.41, 5.74) is 1.72. The quantitative estimate of drug-likeness (QED) is 0.542. The van der Waals surface area contributed by atoms with Gasteiger partial charge in [0.1, 0.15) is 5.69 Å². The molecule has 0 aliphatic carbocycles. The van der Waals surface area contributed by atoms with E-state index in [-0.39, 0.29) is 33.1 Å². The first-order valence-electron chi connectivity index (χ1n) is 7.50. The van der Waals surface area contributed by atoms with Crippen molar-refractivity contribution in [3.63, 3.8) is 0 Å². The summed E-state index contributed by atoms with van der Waals surface area (Å²) >= 11 is 12.1. The van der Waals surface area contributed by atoms with E-state index in [2.05, 4.69) is 30.6 Å². The van der Waals surface area contributed by atoms with E-state index in [1.54, 1.807) is 18.2 Å². The molecule has 0 fully saturated rings. The summed E-state index contributed by atoms with van der Waals surface area (Å²) in [5, 5.41) is 5.69. The number of aromatic nitrogens is 4. The molecule has 0 atom stereocenters. The molecule has 3 rings (SSSR count). The van der Waals surface area contributed by atoms with Gasteiger partial charge in [0.25, 0.3) is 11.8 Å². The number of carbonyl (C=O) groups is 2. The van der Waals surface area contributed by atoms with Crippen molar-refractivity contribution in [1.82, 2.24) is 19.9 Å². The summed E-state index contributed by atoms with van der Waals surface area (Å²) in [4.78, 5) is 38.6. The number of benzene rings is 1. The lowest BCUT2D eigenvalue weighted by Gasteiger charge is -2.08. The van der Waals surface area contributed by atoms with Crippen LogP contribution in [0.5, 0.6) is 0 Å². The van der Waals surface area contributed by atoms with Gasteiger partial charge >= 0.3 is 0 Å². The highest BCUT2D eigenvalue weighted by atomic mass is 35.5. The Morgan fingerprint density at radius 3 is 2.38 bits per heavy atom. The van der Waals surface area contributed by atoms with Crippen molar-refractivity contribution in [2.75, 3.05) is 10.6 Å². The van der Waals surface area contributed by atoms with Crippen LogP contribution in [0, 0.1) is 13.8 Å². The molecule has 134 valence electrons. The monoisotopic (exact) mass is 392 g/mol. The summed E-state index contributed by atoms with van der Waals surface area (Å²) in [5.74, 6) is -0.912. The minimum atomic E-state index is -0.627. The van der Waals surface area contributed by atoms with Gasteiger partial charge in [-0.2, -0.15) is 0 Å². The highest BCUT2D eigenvalue weighted by Crippen LogP contribution is 2.30. The fourth-order valence-electron chi connectivity index (χ4n) is 2.21. The molecule has 0 radical (unpaired) electrons. The van der Waals surface area contributed by atoms with Gasteiger partial charge in [0.15, 0.2) is 5.69 Å². The van der Waals surface area contributed by atoms with Crippen LogP contribution in [-0.4, -0.2) is 31.8 Å². The second-order valence-corrected chi connectivity index (χ2v) is 6.24. The van der Waals surface area contributed by atoms with Crippen LogP contribution in [0.2, 0.25) is 10.0 Å². The molecule has 0 saturated carbocycles. The number of anilines is 2. The van der Waals surface area contributed by atoms with Gasteiger partial charge in [-0.15, -0.1) is 0 Å². The van der Waals surface area contributed by atoms with E-state index in [4.69, 9.17) is 23.2 Å². The van der Waals surface area contributed by atoms with E-state index in [1.165, 1.54) is 6.33 Å². The predicted molar refractivity (Wildman–Crippen MR) is 99.0 cm³/mol. The fraction of sp³-hybridized carbons (Fsp3) is 0.125. The number of hydrogen-bond acceptors (Lipinski definition) is 4. The number of aryl methyl sites for hydroxylation is 2. The SMILES string of the molecule is Cc1nc(NC(=O)c2[nH]cnc2C(=O)Nc2c(Cl)cccc2Cl)[nH]c1C. The van der Waals surface area contributed by atoms with E-state index in [0.717, 1.165) is 11.4 Å². The summed E-state index contributed by atoms with van der Waals surface area (Å²) in [6, 6.07) is 4.83. The number of rotatable bonds is 4. The van der Waals surface area contributed by atoms with E-state index in [0.29, 0.717) is 0 Å². The van der Waals surface area contributed by atoms with Crippen LogP contribution in [0.25, 0.3) is 0 Å². The second kappa shape index (κ2) is 7.19. The summed E-state index contributed by atoms with van der Waals surface area (Å²) in [6.45, 7) is 3.64. The molecule has 0 saturated heterocycles. The molecule has 8 nitrogen and oxygen atoms in total. The van der Waals surface area contributed by atoms with Gasteiger partial charge < -0.3 is 15.3 Å². The van der Waals surface area contributed by atoms with Crippen LogP contribution in [0.15, 0.2) is 24.5 Å².